The lowest BCUT2D eigenvalue weighted by molar-refractivity contribution is 0.112. The number of aryl methyl sites for hydroxylation is 1. The topological polar surface area (TPSA) is 26.3 Å². The number of aldehydes is 1. The Morgan fingerprint density at radius 3 is 2.15 bits per heavy atom. The Hall–Kier alpha value is -2.16. The molecule has 0 radical (unpaired) electrons. The second kappa shape index (κ2) is 6.22. The zero-order chi connectivity index (χ0) is 19.3. The van der Waals surface area contributed by atoms with Crippen molar-refractivity contribution in [1.29, 1.82) is 0 Å². The number of ether oxygens (including phenoxy) is 1. The van der Waals surface area contributed by atoms with E-state index in [0.717, 1.165) is 24.0 Å². The number of benzene rings is 2. The lowest BCUT2D eigenvalue weighted by Gasteiger charge is -2.42. The number of methoxy groups -OCH3 is 1. The monoisotopic (exact) mass is 354 g/mol. The van der Waals surface area contributed by atoms with Crippen LogP contribution in [0.3, 0.4) is 0 Å². The number of halogens is 1. The normalized spacial score (nSPS) is 17.5. The van der Waals surface area contributed by atoms with Gasteiger partial charge in [-0.3, -0.25) is 4.79 Å². The van der Waals surface area contributed by atoms with Crippen LogP contribution in [0.1, 0.15) is 67.6 Å². The maximum Gasteiger partial charge on any atom is 0.153 e. The molecule has 0 aliphatic heterocycles. The average Bonchev–Trinajstić information content (AvgIpc) is 2.59. The zero-order valence-electron chi connectivity index (χ0n) is 16.5. The van der Waals surface area contributed by atoms with Crippen LogP contribution in [0.25, 0.3) is 11.1 Å². The van der Waals surface area contributed by atoms with Crippen molar-refractivity contribution in [2.45, 2.75) is 58.3 Å². The van der Waals surface area contributed by atoms with Crippen LogP contribution >= 0.6 is 0 Å². The van der Waals surface area contributed by atoms with E-state index < -0.39 is 5.82 Å². The molecule has 0 spiro atoms. The van der Waals surface area contributed by atoms with Gasteiger partial charge in [0.25, 0.3) is 0 Å². The minimum Gasteiger partial charge on any atom is -0.496 e. The molecule has 26 heavy (non-hydrogen) atoms. The molecule has 1 aliphatic rings. The van der Waals surface area contributed by atoms with Crippen molar-refractivity contribution in [3.8, 4) is 16.9 Å². The van der Waals surface area contributed by atoms with E-state index in [1.54, 1.807) is 6.07 Å². The third-order valence-corrected chi connectivity index (χ3v) is 5.95. The van der Waals surface area contributed by atoms with Gasteiger partial charge in [-0.05, 0) is 71.0 Å². The molecular formula is C23H27FO2. The van der Waals surface area contributed by atoms with Crippen LogP contribution in [-0.4, -0.2) is 13.4 Å². The predicted octanol–water partition coefficient (Wildman–Crippen LogP) is 5.97. The maximum absolute atomic E-state index is 15.1. The molecule has 0 fully saturated rings. The number of carbonyl (C=O) groups is 1. The standard InChI is InChI=1S/C23H27FO2/c1-14-11-17-18(23(4,5)10-9-22(17,2)3)12-16(14)20-19(26-6)8-7-15(13-25)21(20)24/h7-8,11-13H,9-10H2,1-6H3. The molecule has 138 valence electrons. The average molecular weight is 354 g/mol. The number of rotatable bonds is 3. The molecule has 0 saturated heterocycles. The number of carbonyl (C=O) groups excluding carboxylic acids is 1. The molecule has 3 heteroatoms. The van der Waals surface area contributed by atoms with Crippen LogP contribution in [0.2, 0.25) is 0 Å². The van der Waals surface area contributed by atoms with E-state index in [9.17, 15) is 4.79 Å². The quantitative estimate of drug-likeness (QED) is 0.635. The maximum atomic E-state index is 15.1. The first kappa shape index (κ1) is 18.6. The summed E-state index contributed by atoms with van der Waals surface area (Å²) in [5.74, 6) is -0.0701. The summed E-state index contributed by atoms with van der Waals surface area (Å²) in [6.07, 6.45) is 2.77. The van der Waals surface area contributed by atoms with Crippen LogP contribution in [0.4, 0.5) is 4.39 Å². The van der Waals surface area contributed by atoms with Crippen molar-refractivity contribution in [2.24, 2.45) is 0 Å². The summed E-state index contributed by atoms with van der Waals surface area (Å²) in [6.45, 7) is 11.0. The Balaban J connectivity index is 2.34. The fourth-order valence-electron chi connectivity index (χ4n) is 4.08. The largest absolute Gasteiger partial charge is 0.496 e. The van der Waals surface area contributed by atoms with Crippen molar-refractivity contribution in [3.05, 3.63) is 52.3 Å². The molecule has 0 amide bonds. The SMILES string of the molecule is COc1ccc(C=O)c(F)c1-c1cc2c(cc1C)C(C)(C)CCC2(C)C. The van der Waals surface area contributed by atoms with E-state index >= 15 is 4.39 Å². The molecule has 0 bridgehead atoms. The zero-order valence-corrected chi connectivity index (χ0v) is 16.5. The lowest BCUT2D eigenvalue weighted by Crippen LogP contribution is -2.34. The van der Waals surface area contributed by atoms with Gasteiger partial charge >= 0.3 is 0 Å². The van der Waals surface area contributed by atoms with Crippen molar-refractivity contribution < 1.29 is 13.9 Å². The summed E-state index contributed by atoms with van der Waals surface area (Å²) in [4.78, 5) is 11.2. The van der Waals surface area contributed by atoms with E-state index in [0.29, 0.717) is 17.6 Å². The molecule has 0 N–H and O–H groups in total. The van der Waals surface area contributed by atoms with Crippen LogP contribution in [0.15, 0.2) is 24.3 Å². The molecular weight excluding hydrogens is 327 g/mol. The molecule has 0 aromatic heterocycles. The molecule has 2 aromatic rings. The van der Waals surface area contributed by atoms with Gasteiger partial charge in [-0.2, -0.15) is 0 Å². The lowest BCUT2D eigenvalue weighted by atomic mass is 9.62. The molecule has 2 aromatic carbocycles. The summed E-state index contributed by atoms with van der Waals surface area (Å²) in [5, 5.41) is 0. The summed E-state index contributed by atoms with van der Waals surface area (Å²) < 4.78 is 20.5. The first-order valence-electron chi connectivity index (χ1n) is 9.10. The Bertz CT molecular complexity index is 878. The van der Waals surface area contributed by atoms with E-state index in [4.69, 9.17) is 4.74 Å². The van der Waals surface area contributed by atoms with Crippen molar-refractivity contribution in [1.82, 2.24) is 0 Å². The summed E-state index contributed by atoms with van der Waals surface area (Å²) >= 11 is 0. The second-order valence-corrected chi connectivity index (χ2v) is 8.64. The first-order valence-corrected chi connectivity index (χ1v) is 9.10. The van der Waals surface area contributed by atoms with Gasteiger partial charge in [0.2, 0.25) is 0 Å². The molecule has 0 saturated carbocycles. The number of hydrogen-bond donors (Lipinski definition) is 0. The Morgan fingerprint density at radius 1 is 1.04 bits per heavy atom. The van der Waals surface area contributed by atoms with Crippen molar-refractivity contribution in [3.63, 3.8) is 0 Å². The third kappa shape index (κ3) is 2.84. The van der Waals surface area contributed by atoms with Crippen LogP contribution in [-0.2, 0) is 10.8 Å². The molecule has 2 nitrogen and oxygen atoms in total. The van der Waals surface area contributed by atoms with Gasteiger partial charge in [-0.25, -0.2) is 4.39 Å². The minimum atomic E-state index is -0.518. The molecule has 3 rings (SSSR count). The second-order valence-electron chi connectivity index (χ2n) is 8.64. The minimum absolute atomic E-state index is 0.0271. The number of hydrogen-bond acceptors (Lipinski definition) is 2. The van der Waals surface area contributed by atoms with E-state index in [1.807, 2.05) is 6.92 Å². The van der Waals surface area contributed by atoms with Gasteiger partial charge < -0.3 is 4.74 Å². The Morgan fingerprint density at radius 2 is 1.62 bits per heavy atom. The van der Waals surface area contributed by atoms with E-state index in [-0.39, 0.29) is 16.4 Å². The Labute approximate surface area is 155 Å². The van der Waals surface area contributed by atoms with Gasteiger partial charge in [-0.1, -0.05) is 33.8 Å². The summed E-state index contributed by atoms with van der Waals surface area (Å²) in [6, 6.07) is 7.43. The summed E-state index contributed by atoms with van der Waals surface area (Å²) in [5.41, 5.74) is 4.94. The highest BCUT2D eigenvalue weighted by Gasteiger charge is 2.37. The van der Waals surface area contributed by atoms with Gasteiger partial charge in [0, 0.05) is 0 Å². The molecule has 0 atom stereocenters. The van der Waals surface area contributed by atoms with Gasteiger partial charge in [0.1, 0.15) is 11.6 Å². The van der Waals surface area contributed by atoms with Gasteiger partial charge in [0.15, 0.2) is 6.29 Å². The molecule has 0 heterocycles. The molecule has 0 unspecified atom stereocenters. The fourth-order valence-corrected chi connectivity index (χ4v) is 4.08. The molecule has 1 aliphatic carbocycles. The number of fused-ring (bicyclic) bond motifs is 1. The van der Waals surface area contributed by atoms with E-state index in [1.165, 1.54) is 24.3 Å². The fraction of sp³-hybridized carbons (Fsp3) is 0.435. The van der Waals surface area contributed by atoms with E-state index in [2.05, 4.69) is 39.8 Å². The highest BCUT2D eigenvalue weighted by atomic mass is 19.1. The van der Waals surface area contributed by atoms with Crippen molar-refractivity contribution in [2.75, 3.05) is 7.11 Å². The third-order valence-electron chi connectivity index (χ3n) is 5.95. The van der Waals surface area contributed by atoms with Crippen LogP contribution in [0.5, 0.6) is 5.75 Å². The van der Waals surface area contributed by atoms with Gasteiger partial charge in [0.05, 0.1) is 18.2 Å². The van der Waals surface area contributed by atoms with Crippen LogP contribution < -0.4 is 4.74 Å². The van der Waals surface area contributed by atoms with Crippen LogP contribution in [0, 0.1) is 12.7 Å². The Kier molecular flexibility index (Phi) is 4.46. The smallest absolute Gasteiger partial charge is 0.153 e. The highest BCUT2D eigenvalue weighted by Crippen LogP contribution is 2.48. The summed E-state index contributed by atoms with van der Waals surface area (Å²) in [7, 11) is 1.53. The van der Waals surface area contributed by atoms with Gasteiger partial charge in [-0.15, -0.1) is 0 Å². The highest BCUT2D eigenvalue weighted by molar-refractivity contribution is 5.84. The first-order chi connectivity index (χ1) is 12.1. The predicted molar refractivity (Wildman–Crippen MR) is 104 cm³/mol. The van der Waals surface area contributed by atoms with Crippen molar-refractivity contribution >= 4 is 6.29 Å².